The molecule has 0 unspecified atom stereocenters. The van der Waals surface area contributed by atoms with E-state index < -0.39 is 5.97 Å². The van der Waals surface area contributed by atoms with Crippen LogP contribution in [0.15, 0.2) is 16.5 Å². The van der Waals surface area contributed by atoms with E-state index in [1.807, 2.05) is 11.9 Å². The first-order chi connectivity index (χ1) is 10.5. The number of nitrogens with zero attached hydrogens (tertiary/aromatic N) is 2. The maximum absolute atomic E-state index is 12.1. The van der Waals surface area contributed by atoms with Gasteiger partial charge in [0.25, 0.3) is 5.69 Å². The average molecular weight is 304 g/mol. The highest BCUT2D eigenvalue weighted by Gasteiger charge is 2.30. The van der Waals surface area contributed by atoms with Gasteiger partial charge in [0.05, 0.1) is 11.5 Å². The Hall–Kier alpha value is -2.41. The second-order valence-corrected chi connectivity index (χ2v) is 5.31. The van der Waals surface area contributed by atoms with Crippen molar-refractivity contribution in [1.29, 1.82) is 0 Å². The summed E-state index contributed by atoms with van der Waals surface area (Å²) in [4.78, 5) is 25.0. The van der Waals surface area contributed by atoms with Gasteiger partial charge in [0.2, 0.25) is 5.76 Å². The lowest BCUT2D eigenvalue weighted by Gasteiger charge is -2.13. The lowest BCUT2D eigenvalue weighted by Crippen LogP contribution is -2.20. The van der Waals surface area contributed by atoms with Crippen LogP contribution < -0.4 is 0 Å². The second kappa shape index (κ2) is 5.42. The molecule has 0 atom stereocenters. The van der Waals surface area contributed by atoms with Gasteiger partial charge in [0.15, 0.2) is 0 Å². The van der Waals surface area contributed by atoms with Crippen molar-refractivity contribution in [2.45, 2.75) is 19.9 Å². The third-order valence-electron chi connectivity index (χ3n) is 3.87. The summed E-state index contributed by atoms with van der Waals surface area (Å²) in [6.45, 7) is 3.14. The number of furan rings is 1. The Morgan fingerprint density at radius 1 is 1.45 bits per heavy atom. The van der Waals surface area contributed by atoms with Gasteiger partial charge in [-0.2, -0.15) is 0 Å². The minimum atomic E-state index is -0.530. The summed E-state index contributed by atoms with van der Waals surface area (Å²) in [6, 6.07) is 2.99. The zero-order chi connectivity index (χ0) is 15.9. The van der Waals surface area contributed by atoms with Crippen LogP contribution in [0.3, 0.4) is 0 Å². The number of ether oxygens (including phenoxy) is 1. The van der Waals surface area contributed by atoms with E-state index in [1.165, 1.54) is 6.07 Å². The van der Waals surface area contributed by atoms with E-state index in [1.54, 1.807) is 13.0 Å². The zero-order valence-corrected chi connectivity index (χ0v) is 12.4. The van der Waals surface area contributed by atoms with Crippen molar-refractivity contribution >= 4 is 22.6 Å². The monoisotopic (exact) mass is 304 g/mol. The van der Waals surface area contributed by atoms with Crippen molar-refractivity contribution in [3.8, 4) is 0 Å². The van der Waals surface area contributed by atoms with Crippen LogP contribution in [0.4, 0.5) is 5.69 Å². The van der Waals surface area contributed by atoms with Crippen molar-refractivity contribution in [3.63, 3.8) is 0 Å². The number of hydrogen-bond donors (Lipinski definition) is 0. The number of nitro benzene ring substituents is 1. The lowest BCUT2D eigenvalue weighted by atomic mass is 10.0. The summed E-state index contributed by atoms with van der Waals surface area (Å²) < 4.78 is 10.7. The molecule has 116 valence electrons. The molecule has 1 aliphatic heterocycles. The lowest BCUT2D eigenvalue weighted by molar-refractivity contribution is -0.385. The van der Waals surface area contributed by atoms with E-state index in [0.29, 0.717) is 41.6 Å². The zero-order valence-electron chi connectivity index (χ0n) is 12.4. The van der Waals surface area contributed by atoms with Gasteiger partial charge in [-0.05, 0) is 26.5 Å². The van der Waals surface area contributed by atoms with E-state index in [9.17, 15) is 14.9 Å². The van der Waals surface area contributed by atoms with Crippen LogP contribution in [0, 0.1) is 10.1 Å². The molecule has 2 aromatic rings. The largest absolute Gasteiger partial charge is 0.460 e. The van der Waals surface area contributed by atoms with Crippen LogP contribution in [0.5, 0.6) is 0 Å². The molecule has 3 rings (SSSR count). The Morgan fingerprint density at radius 2 is 2.23 bits per heavy atom. The summed E-state index contributed by atoms with van der Waals surface area (Å²) in [7, 11) is 1.91. The molecule has 0 aliphatic carbocycles. The number of esters is 1. The minimum Gasteiger partial charge on any atom is -0.460 e. The molecular formula is C15H16N2O5. The average Bonchev–Trinajstić information content (AvgIpc) is 2.74. The van der Waals surface area contributed by atoms with E-state index in [0.717, 1.165) is 0 Å². The van der Waals surface area contributed by atoms with Gasteiger partial charge < -0.3 is 14.1 Å². The Bertz CT molecular complexity index is 765. The van der Waals surface area contributed by atoms with Crippen molar-refractivity contribution < 1.29 is 18.9 Å². The smallest absolute Gasteiger partial charge is 0.374 e. The predicted molar refractivity (Wildman–Crippen MR) is 78.9 cm³/mol. The first-order valence-corrected chi connectivity index (χ1v) is 7.10. The van der Waals surface area contributed by atoms with Gasteiger partial charge in [-0.15, -0.1) is 0 Å². The number of nitro groups is 1. The van der Waals surface area contributed by atoms with Gasteiger partial charge in [0.1, 0.15) is 5.58 Å². The Labute approximate surface area is 126 Å². The summed E-state index contributed by atoms with van der Waals surface area (Å²) in [6.07, 6.45) is 0.541. The summed E-state index contributed by atoms with van der Waals surface area (Å²) in [5.74, 6) is -0.384. The first-order valence-electron chi connectivity index (χ1n) is 7.10. The summed E-state index contributed by atoms with van der Waals surface area (Å²) in [5, 5.41) is 11.9. The number of benzene rings is 1. The fraction of sp³-hybridized carbons (Fsp3) is 0.400. The quantitative estimate of drug-likeness (QED) is 0.492. The van der Waals surface area contributed by atoms with Crippen molar-refractivity contribution in [2.24, 2.45) is 0 Å². The van der Waals surface area contributed by atoms with E-state index in [-0.39, 0.29) is 23.0 Å². The van der Waals surface area contributed by atoms with Gasteiger partial charge in [-0.3, -0.25) is 10.1 Å². The fourth-order valence-electron chi connectivity index (χ4n) is 2.90. The molecule has 0 bridgehead atoms. The maximum Gasteiger partial charge on any atom is 0.374 e. The molecule has 0 amide bonds. The molecule has 1 aliphatic rings. The van der Waals surface area contributed by atoms with Gasteiger partial charge in [0, 0.05) is 35.7 Å². The molecule has 0 fully saturated rings. The molecule has 2 heterocycles. The summed E-state index contributed by atoms with van der Waals surface area (Å²) in [5.41, 5.74) is 1.86. The Morgan fingerprint density at radius 3 is 2.91 bits per heavy atom. The van der Waals surface area contributed by atoms with Crippen LogP contribution in [0.2, 0.25) is 0 Å². The summed E-state index contributed by atoms with van der Waals surface area (Å²) >= 11 is 0. The highest BCUT2D eigenvalue weighted by molar-refractivity contribution is 5.98. The van der Waals surface area contributed by atoms with Crippen molar-refractivity contribution in [1.82, 2.24) is 4.90 Å². The van der Waals surface area contributed by atoms with E-state index in [4.69, 9.17) is 9.15 Å². The number of rotatable bonds is 3. The second-order valence-electron chi connectivity index (χ2n) is 5.31. The van der Waals surface area contributed by atoms with Crippen molar-refractivity contribution in [2.75, 3.05) is 20.2 Å². The predicted octanol–water partition coefficient (Wildman–Crippen LogP) is 2.51. The van der Waals surface area contributed by atoms with Crippen LogP contribution in [0.25, 0.3) is 11.0 Å². The topological polar surface area (TPSA) is 85.8 Å². The third kappa shape index (κ3) is 2.23. The van der Waals surface area contributed by atoms with E-state index in [2.05, 4.69) is 0 Å². The standard InChI is InChI=1S/C15H16N2O5/c1-3-21-15(18)14-10-8-16(2)7-6-9-11(17(19)20)4-5-12(22-14)13(9)10/h4-5H,3,6-8H2,1-2H3. The molecule has 0 radical (unpaired) electrons. The number of likely N-dealkylation sites (N-methyl/N-ethyl adjacent to an activating group) is 1. The third-order valence-corrected chi connectivity index (χ3v) is 3.87. The highest BCUT2D eigenvalue weighted by Crippen LogP contribution is 2.37. The molecule has 0 N–H and O–H groups in total. The molecule has 0 spiro atoms. The molecule has 0 saturated carbocycles. The highest BCUT2D eigenvalue weighted by atomic mass is 16.6. The fourth-order valence-corrected chi connectivity index (χ4v) is 2.90. The van der Waals surface area contributed by atoms with Gasteiger partial charge >= 0.3 is 5.97 Å². The molecule has 1 aromatic heterocycles. The van der Waals surface area contributed by atoms with Crippen LogP contribution in [-0.4, -0.2) is 36.0 Å². The Balaban J connectivity index is 2.28. The van der Waals surface area contributed by atoms with Gasteiger partial charge in [-0.25, -0.2) is 4.79 Å². The van der Waals surface area contributed by atoms with Crippen molar-refractivity contribution in [3.05, 3.63) is 39.1 Å². The normalized spacial score (nSPS) is 14.8. The van der Waals surface area contributed by atoms with Crippen LogP contribution in [0.1, 0.15) is 28.6 Å². The number of carbonyl (C=O) groups excluding carboxylic acids is 1. The minimum absolute atomic E-state index is 0.0697. The van der Waals surface area contributed by atoms with Crippen LogP contribution in [-0.2, 0) is 17.7 Å². The number of carbonyl (C=O) groups is 1. The maximum atomic E-state index is 12.1. The molecular weight excluding hydrogens is 288 g/mol. The molecule has 7 heteroatoms. The number of hydrogen-bond acceptors (Lipinski definition) is 6. The molecule has 22 heavy (non-hydrogen) atoms. The Kier molecular flexibility index (Phi) is 3.58. The molecule has 7 nitrogen and oxygen atoms in total. The molecule has 0 saturated heterocycles. The SMILES string of the molecule is CCOC(=O)c1oc2ccc([N+](=O)[O-])c3c2c1CN(C)CC3. The van der Waals surface area contributed by atoms with Gasteiger partial charge in [-0.1, -0.05) is 0 Å². The molecule has 1 aromatic carbocycles. The van der Waals surface area contributed by atoms with Crippen LogP contribution >= 0.6 is 0 Å². The first kappa shape index (κ1) is 14.5. The van der Waals surface area contributed by atoms with E-state index >= 15 is 0 Å².